The summed E-state index contributed by atoms with van der Waals surface area (Å²) in [6.45, 7) is 15.8. The molecule has 0 saturated heterocycles. The topological polar surface area (TPSA) is 88.8 Å². The molecule has 11 heterocycles. The van der Waals surface area contributed by atoms with Gasteiger partial charge in [0, 0.05) is 85.3 Å². The van der Waals surface area contributed by atoms with Crippen LogP contribution in [0.15, 0.2) is 48.8 Å². The SMILES string of the molecule is CCCCC(CC)Cn1c2cc(-c3ncc(-c4cc5sc(N(C)CCCC)cc5s4)c4nsnc34)sc2c2sc(-c3ncc(-c4cc5sc(N(CCCC)CCCC)cc5s4)c4nsnc34)cc21. The predicted octanol–water partition coefficient (Wildman–Crippen LogP) is 17.8. The molecule has 0 fully saturated rings. The standard InChI is InChI=1S/C51H55N9S8/c1-7-12-16-29(11-5)28-60-32-20-40(46-48-44(54-67-56-48)30(26-52-46)34-22-36-38(61-34)24-42(63-36)58(6)17-13-8-2)65-50(32)51-33(60)21-41(66-51)47-49-45(55-68-57-49)31(27-53-47)35-23-37-39(62-35)25-43(64-37)59(18-14-9-3)19-15-10-4/h20-27,29H,7-19,28H2,1-6H3. The summed E-state index contributed by atoms with van der Waals surface area (Å²) in [5.41, 5.74) is 10.1. The summed E-state index contributed by atoms with van der Waals surface area (Å²) < 4.78 is 30.1. The molecule has 11 rings (SSSR count). The fraction of sp³-hybridized carbons (Fsp3) is 0.412. The highest BCUT2D eigenvalue weighted by molar-refractivity contribution is 7.32. The van der Waals surface area contributed by atoms with Gasteiger partial charge in [0.05, 0.1) is 63.6 Å². The first-order valence-electron chi connectivity index (χ1n) is 24.2. The normalized spacial score (nSPS) is 12.7. The summed E-state index contributed by atoms with van der Waals surface area (Å²) in [7, 11) is 2.21. The van der Waals surface area contributed by atoms with Crippen LogP contribution in [0.1, 0.15) is 98.8 Å². The van der Waals surface area contributed by atoms with Gasteiger partial charge in [0.1, 0.15) is 33.5 Å². The van der Waals surface area contributed by atoms with Crippen molar-refractivity contribution in [1.29, 1.82) is 0 Å². The van der Waals surface area contributed by atoms with Gasteiger partial charge in [-0.1, -0.05) is 73.1 Å². The lowest BCUT2D eigenvalue weighted by Crippen LogP contribution is -2.24. The molecule has 17 heteroatoms. The second-order valence-electron chi connectivity index (χ2n) is 18.0. The third kappa shape index (κ3) is 8.60. The molecule has 11 aromatic rings. The Morgan fingerprint density at radius 2 is 1.00 bits per heavy atom. The van der Waals surface area contributed by atoms with Gasteiger partial charge in [0.25, 0.3) is 0 Å². The van der Waals surface area contributed by atoms with Gasteiger partial charge in [0.2, 0.25) is 0 Å². The van der Waals surface area contributed by atoms with Crippen LogP contribution in [0.3, 0.4) is 0 Å². The summed E-state index contributed by atoms with van der Waals surface area (Å²) >= 11 is 13.7. The van der Waals surface area contributed by atoms with Gasteiger partial charge in [-0.25, -0.2) is 0 Å². The molecule has 0 bridgehead atoms. The molecule has 11 aromatic heterocycles. The van der Waals surface area contributed by atoms with Crippen molar-refractivity contribution >= 4 is 163 Å². The number of fused-ring (bicyclic) bond motifs is 7. The van der Waals surface area contributed by atoms with Crippen LogP contribution in [0.2, 0.25) is 0 Å². The van der Waals surface area contributed by atoms with E-state index in [9.17, 15) is 0 Å². The first kappa shape index (κ1) is 46.4. The number of hydrogen-bond acceptors (Lipinski definition) is 16. The lowest BCUT2D eigenvalue weighted by atomic mass is 9.99. The molecule has 0 aromatic carbocycles. The first-order chi connectivity index (χ1) is 33.4. The Morgan fingerprint density at radius 1 is 0.515 bits per heavy atom. The van der Waals surface area contributed by atoms with Crippen molar-refractivity contribution in [3.8, 4) is 42.0 Å². The molecular formula is C51H55N9S8. The third-order valence-electron chi connectivity index (χ3n) is 13.3. The summed E-state index contributed by atoms with van der Waals surface area (Å²) in [5.74, 6) is 0.583. The molecule has 0 N–H and O–H groups in total. The lowest BCUT2D eigenvalue weighted by Gasteiger charge is -2.22. The number of pyridine rings is 2. The van der Waals surface area contributed by atoms with E-state index in [1.165, 1.54) is 140 Å². The van der Waals surface area contributed by atoms with Crippen molar-refractivity contribution in [1.82, 2.24) is 32.0 Å². The van der Waals surface area contributed by atoms with Gasteiger partial charge in [-0.15, -0.1) is 68.0 Å². The van der Waals surface area contributed by atoms with Crippen molar-refractivity contribution in [3.63, 3.8) is 0 Å². The number of unbranched alkanes of at least 4 members (excludes halogenated alkanes) is 4. The number of aromatic nitrogens is 7. The maximum atomic E-state index is 5.23. The van der Waals surface area contributed by atoms with Gasteiger partial charge in [-0.3, -0.25) is 9.97 Å². The second kappa shape index (κ2) is 20.1. The molecule has 0 aliphatic rings. The number of thiophene rings is 6. The van der Waals surface area contributed by atoms with E-state index in [1.807, 2.05) is 80.4 Å². The Balaban J connectivity index is 0.948. The average molecular weight is 1050 g/mol. The van der Waals surface area contributed by atoms with Crippen LogP contribution >= 0.6 is 91.5 Å². The Morgan fingerprint density at radius 3 is 1.51 bits per heavy atom. The highest BCUT2D eigenvalue weighted by Gasteiger charge is 2.26. The quantitative estimate of drug-likeness (QED) is 0.0703. The summed E-state index contributed by atoms with van der Waals surface area (Å²) in [6, 6.07) is 14.2. The number of hydrogen-bond donors (Lipinski definition) is 0. The molecule has 0 aliphatic heterocycles. The van der Waals surface area contributed by atoms with Gasteiger partial charge >= 0.3 is 0 Å². The van der Waals surface area contributed by atoms with E-state index in [-0.39, 0.29) is 0 Å². The fourth-order valence-corrected chi connectivity index (χ4v) is 17.7. The largest absolute Gasteiger partial charge is 0.366 e. The maximum absolute atomic E-state index is 5.23. The molecule has 0 spiro atoms. The molecule has 9 nitrogen and oxygen atoms in total. The smallest absolute Gasteiger partial charge is 0.132 e. The van der Waals surface area contributed by atoms with Crippen molar-refractivity contribution < 1.29 is 0 Å². The maximum Gasteiger partial charge on any atom is 0.132 e. The molecule has 1 unspecified atom stereocenters. The van der Waals surface area contributed by atoms with Crippen molar-refractivity contribution in [3.05, 3.63) is 48.8 Å². The van der Waals surface area contributed by atoms with E-state index in [0.29, 0.717) is 5.92 Å². The van der Waals surface area contributed by atoms with E-state index in [4.69, 9.17) is 27.5 Å². The molecule has 68 heavy (non-hydrogen) atoms. The van der Waals surface area contributed by atoms with Crippen LogP contribution < -0.4 is 9.80 Å². The molecule has 0 amide bonds. The van der Waals surface area contributed by atoms with E-state index in [0.717, 1.165) is 86.9 Å². The van der Waals surface area contributed by atoms with Crippen LogP contribution in [0.4, 0.5) is 10.0 Å². The van der Waals surface area contributed by atoms with Gasteiger partial charge in [0.15, 0.2) is 0 Å². The van der Waals surface area contributed by atoms with E-state index in [1.54, 1.807) is 0 Å². The lowest BCUT2D eigenvalue weighted by molar-refractivity contribution is 0.401. The summed E-state index contributed by atoms with van der Waals surface area (Å²) in [6.07, 6.45) is 16.2. The van der Waals surface area contributed by atoms with Crippen LogP contribution in [0, 0.1) is 5.92 Å². The zero-order valence-electron chi connectivity index (χ0n) is 39.4. The highest BCUT2D eigenvalue weighted by Crippen LogP contribution is 2.50. The zero-order valence-corrected chi connectivity index (χ0v) is 45.9. The van der Waals surface area contributed by atoms with Gasteiger partial charge in [-0.2, -0.15) is 17.5 Å². The fourth-order valence-electron chi connectivity index (χ4n) is 9.28. The van der Waals surface area contributed by atoms with Crippen molar-refractivity contribution in [2.75, 3.05) is 36.5 Å². The van der Waals surface area contributed by atoms with E-state index >= 15 is 0 Å². The Hall–Kier alpha value is -3.94. The minimum absolute atomic E-state index is 0.583. The third-order valence-corrected chi connectivity index (χ3v) is 21.6. The Kier molecular flexibility index (Phi) is 13.7. The van der Waals surface area contributed by atoms with E-state index in [2.05, 4.69) is 92.4 Å². The molecule has 0 aliphatic carbocycles. The Bertz CT molecular complexity index is 3440. The van der Waals surface area contributed by atoms with Crippen LogP contribution in [0.5, 0.6) is 0 Å². The molecule has 0 saturated carbocycles. The minimum Gasteiger partial charge on any atom is -0.366 e. The van der Waals surface area contributed by atoms with Gasteiger partial charge in [-0.05, 0) is 68.0 Å². The monoisotopic (exact) mass is 1050 g/mol. The van der Waals surface area contributed by atoms with E-state index < -0.39 is 0 Å². The second-order valence-corrected chi connectivity index (χ2v) is 25.4. The summed E-state index contributed by atoms with van der Waals surface area (Å²) in [5, 5.41) is 2.72. The minimum atomic E-state index is 0.583. The highest BCUT2D eigenvalue weighted by atomic mass is 32.1. The number of nitrogens with zero attached hydrogens (tertiary/aromatic N) is 9. The summed E-state index contributed by atoms with van der Waals surface area (Å²) in [4.78, 5) is 20.1. The van der Waals surface area contributed by atoms with Crippen LogP contribution in [-0.2, 0) is 6.54 Å². The molecule has 352 valence electrons. The van der Waals surface area contributed by atoms with Crippen LogP contribution in [-0.4, -0.2) is 58.7 Å². The average Bonchev–Trinajstić information content (AvgIpc) is 4.19. The number of anilines is 2. The zero-order chi connectivity index (χ0) is 46.5. The van der Waals surface area contributed by atoms with Crippen LogP contribution in [0.25, 0.3) is 103 Å². The van der Waals surface area contributed by atoms with Crippen molar-refractivity contribution in [2.45, 2.75) is 105 Å². The molecular weight excluding hydrogens is 995 g/mol. The molecule has 1 atom stereocenters. The van der Waals surface area contributed by atoms with Gasteiger partial charge < -0.3 is 14.4 Å². The Labute approximate surface area is 429 Å². The predicted molar refractivity (Wildman–Crippen MR) is 305 cm³/mol. The number of rotatable bonds is 21. The van der Waals surface area contributed by atoms with Crippen molar-refractivity contribution in [2.24, 2.45) is 5.92 Å². The first-order valence-corrected chi connectivity index (χ1v) is 30.6. The molecule has 0 radical (unpaired) electrons.